The summed E-state index contributed by atoms with van der Waals surface area (Å²) in [5.74, 6) is -2.30. The lowest BCUT2D eigenvalue weighted by atomic mass is 9.97. The second-order valence-electron chi connectivity index (χ2n) is 9.22. The number of pyridine rings is 2. The molecule has 0 unspecified atom stereocenters. The molecule has 4 rings (SSSR count). The lowest BCUT2D eigenvalue weighted by Gasteiger charge is -2.31. The minimum atomic E-state index is -5.08. The Labute approximate surface area is 239 Å². The summed E-state index contributed by atoms with van der Waals surface area (Å²) in [4.78, 5) is 43.7. The Morgan fingerprint density at radius 3 is 1.55 bits per heavy atom. The van der Waals surface area contributed by atoms with Crippen LogP contribution in [0.4, 0.5) is 24.8 Å². The highest BCUT2D eigenvalue weighted by Crippen LogP contribution is 2.24. The molecule has 2 aliphatic heterocycles. The van der Waals surface area contributed by atoms with Crippen LogP contribution in [0.3, 0.4) is 0 Å². The molecule has 2 fully saturated rings. The van der Waals surface area contributed by atoms with Crippen LogP contribution in [-0.2, 0) is 19.1 Å². The first-order valence-corrected chi connectivity index (χ1v) is 12.7. The standard InChI is InChI=1S/C13H15N3O2.C12H13N3O2.C2HF3O2/c1-18-13(17)11-3-6-16(7-4-11)12-8-10(9-14)2-5-15-12;13-8-9-1-4-14-11(7-9)15-5-2-10(3-6-15)12(16)17;3-2(4,5)1(6)7/h2,5,8,11H,3-4,6-7H2,1H3;1,4,7,10H,2-3,5-6H2,(H,16,17);(H,6,7). The summed E-state index contributed by atoms with van der Waals surface area (Å²) in [7, 11) is 1.42. The van der Waals surface area contributed by atoms with Crippen molar-refractivity contribution in [2.75, 3.05) is 43.1 Å². The Hall–Kier alpha value is -4.92. The summed E-state index contributed by atoms with van der Waals surface area (Å²) in [6, 6.07) is 11.0. The Kier molecular flexibility index (Phi) is 12.5. The van der Waals surface area contributed by atoms with Crippen molar-refractivity contribution in [3.05, 3.63) is 47.8 Å². The van der Waals surface area contributed by atoms with Gasteiger partial charge in [0, 0.05) is 38.6 Å². The van der Waals surface area contributed by atoms with E-state index in [9.17, 15) is 22.8 Å². The largest absolute Gasteiger partial charge is 0.490 e. The van der Waals surface area contributed by atoms with E-state index in [1.54, 1.807) is 36.7 Å². The van der Waals surface area contributed by atoms with Crippen molar-refractivity contribution in [3.8, 4) is 12.1 Å². The minimum absolute atomic E-state index is 0.00889. The fourth-order valence-electron chi connectivity index (χ4n) is 4.19. The van der Waals surface area contributed by atoms with Crippen molar-refractivity contribution in [2.24, 2.45) is 11.8 Å². The first kappa shape index (κ1) is 33.3. The molecule has 0 atom stereocenters. The van der Waals surface area contributed by atoms with E-state index in [1.807, 2.05) is 4.90 Å². The highest BCUT2D eigenvalue weighted by Gasteiger charge is 2.38. The lowest BCUT2D eigenvalue weighted by Crippen LogP contribution is -2.37. The maximum absolute atomic E-state index is 11.4. The predicted molar refractivity (Wildman–Crippen MR) is 141 cm³/mol. The molecule has 0 aromatic carbocycles. The highest BCUT2D eigenvalue weighted by atomic mass is 19.4. The van der Waals surface area contributed by atoms with Crippen LogP contribution in [0.2, 0.25) is 0 Å². The topological polar surface area (TPSA) is 181 Å². The van der Waals surface area contributed by atoms with E-state index in [1.165, 1.54) is 7.11 Å². The second kappa shape index (κ2) is 15.8. The van der Waals surface area contributed by atoms with E-state index in [0.717, 1.165) is 37.6 Å². The minimum Gasteiger partial charge on any atom is -0.481 e. The molecule has 0 bridgehead atoms. The van der Waals surface area contributed by atoms with Gasteiger partial charge in [0.1, 0.15) is 11.6 Å². The van der Waals surface area contributed by atoms with E-state index >= 15 is 0 Å². The monoisotopic (exact) mass is 590 g/mol. The molecule has 2 aromatic rings. The Morgan fingerprint density at radius 2 is 1.24 bits per heavy atom. The van der Waals surface area contributed by atoms with Crippen molar-refractivity contribution in [3.63, 3.8) is 0 Å². The number of aliphatic carboxylic acids is 2. The van der Waals surface area contributed by atoms with Gasteiger partial charge < -0.3 is 24.7 Å². The van der Waals surface area contributed by atoms with Crippen LogP contribution in [0.5, 0.6) is 0 Å². The number of nitriles is 2. The van der Waals surface area contributed by atoms with E-state index in [0.29, 0.717) is 37.1 Å². The number of hydrogen-bond acceptors (Lipinski definition) is 10. The van der Waals surface area contributed by atoms with E-state index in [-0.39, 0.29) is 17.8 Å². The fraction of sp³-hybridized carbons (Fsp3) is 0.444. The summed E-state index contributed by atoms with van der Waals surface area (Å²) in [5.41, 5.74) is 1.19. The Morgan fingerprint density at radius 1 is 0.857 bits per heavy atom. The summed E-state index contributed by atoms with van der Waals surface area (Å²) >= 11 is 0. The average Bonchev–Trinajstić information content (AvgIpc) is 3.01. The Balaban J connectivity index is 0.000000241. The smallest absolute Gasteiger partial charge is 0.481 e. The van der Waals surface area contributed by atoms with Crippen LogP contribution < -0.4 is 9.80 Å². The van der Waals surface area contributed by atoms with E-state index < -0.39 is 18.1 Å². The molecular formula is C27H29F3N6O6. The van der Waals surface area contributed by atoms with Gasteiger partial charge in [-0.1, -0.05) is 0 Å². The number of carbonyl (C=O) groups excluding carboxylic acids is 1. The number of anilines is 2. The highest BCUT2D eigenvalue weighted by molar-refractivity contribution is 5.73. The zero-order chi connectivity index (χ0) is 31.3. The van der Waals surface area contributed by atoms with Crippen molar-refractivity contribution >= 4 is 29.5 Å². The number of alkyl halides is 3. The predicted octanol–water partition coefficient (Wildman–Crippen LogP) is 3.23. The SMILES string of the molecule is COC(=O)C1CCN(c2cc(C#N)ccn2)CC1.N#Cc1ccnc(N2CCC(C(=O)O)CC2)c1.O=C(O)C(F)(F)F. The number of carbonyl (C=O) groups is 3. The van der Waals surface area contributed by atoms with Crippen LogP contribution in [0.25, 0.3) is 0 Å². The molecule has 15 heteroatoms. The number of carboxylic acids is 2. The molecule has 0 saturated carbocycles. The molecule has 0 aliphatic carbocycles. The van der Waals surface area contributed by atoms with Crippen LogP contribution in [0, 0.1) is 34.5 Å². The molecule has 0 amide bonds. The number of ether oxygens (including phenoxy) is 1. The molecule has 2 aromatic heterocycles. The zero-order valence-electron chi connectivity index (χ0n) is 22.6. The van der Waals surface area contributed by atoms with Gasteiger partial charge in [-0.15, -0.1) is 0 Å². The van der Waals surface area contributed by atoms with Crippen molar-refractivity contribution in [2.45, 2.75) is 31.9 Å². The van der Waals surface area contributed by atoms with Crippen molar-refractivity contribution in [1.82, 2.24) is 9.97 Å². The van der Waals surface area contributed by atoms with Gasteiger partial charge in [-0.2, -0.15) is 23.7 Å². The number of methoxy groups -OCH3 is 1. The van der Waals surface area contributed by atoms with Gasteiger partial charge in [0.15, 0.2) is 0 Å². The van der Waals surface area contributed by atoms with Gasteiger partial charge in [0.25, 0.3) is 0 Å². The molecule has 4 heterocycles. The summed E-state index contributed by atoms with van der Waals surface area (Å²) in [6.45, 7) is 2.89. The zero-order valence-corrected chi connectivity index (χ0v) is 22.6. The number of halogens is 3. The molecule has 0 radical (unpaired) electrons. The maximum atomic E-state index is 11.4. The van der Waals surface area contributed by atoms with Crippen molar-refractivity contribution < 1.29 is 42.5 Å². The number of carboxylic acid groups (broad SMARTS) is 2. The molecule has 2 saturated heterocycles. The summed E-state index contributed by atoms with van der Waals surface area (Å²) < 4.78 is 36.5. The maximum Gasteiger partial charge on any atom is 0.490 e. The summed E-state index contributed by atoms with van der Waals surface area (Å²) in [6.07, 6.45) is 0.968. The van der Waals surface area contributed by atoms with Crippen molar-refractivity contribution in [1.29, 1.82) is 10.5 Å². The Bertz CT molecular complexity index is 1310. The van der Waals surface area contributed by atoms with Gasteiger partial charge in [-0.3, -0.25) is 9.59 Å². The molecule has 42 heavy (non-hydrogen) atoms. The molecular weight excluding hydrogens is 561 g/mol. The van der Waals surface area contributed by atoms with E-state index in [4.69, 9.17) is 30.3 Å². The fourth-order valence-corrected chi connectivity index (χ4v) is 4.19. The third-order valence-corrected chi connectivity index (χ3v) is 6.51. The van der Waals surface area contributed by atoms with Gasteiger partial charge >= 0.3 is 24.1 Å². The van der Waals surface area contributed by atoms with Crippen LogP contribution in [0.15, 0.2) is 36.7 Å². The molecule has 2 N–H and O–H groups in total. The van der Waals surface area contributed by atoms with Gasteiger partial charge in [0.2, 0.25) is 0 Å². The number of hydrogen-bond donors (Lipinski definition) is 2. The first-order valence-electron chi connectivity index (χ1n) is 12.7. The number of esters is 1. The van der Waals surface area contributed by atoms with Gasteiger partial charge in [-0.05, 0) is 49.9 Å². The third-order valence-electron chi connectivity index (χ3n) is 6.51. The lowest BCUT2D eigenvalue weighted by molar-refractivity contribution is -0.192. The normalized spacial score (nSPS) is 15.5. The molecule has 0 spiro atoms. The number of rotatable bonds is 4. The van der Waals surface area contributed by atoms with Gasteiger partial charge in [-0.25, -0.2) is 14.8 Å². The van der Waals surface area contributed by atoms with Crippen LogP contribution in [0.1, 0.15) is 36.8 Å². The molecule has 224 valence electrons. The van der Waals surface area contributed by atoms with Crippen LogP contribution >= 0.6 is 0 Å². The number of piperidine rings is 2. The molecule has 12 nitrogen and oxygen atoms in total. The average molecular weight is 591 g/mol. The third kappa shape index (κ3) is 10.2. The second-order valence-corrected chi connectivity index (χ2v) is 9.22. The summed E-state index contributed by atoms with van der Waals surface area (Å²) in [5, 5.41) is 33.7. The van der Waals surface area contributed by atoms with Crippen LogP contribution in [-0.4, -0.2) is 77.6 Å². The molecule has 2 aliphatic rings. The van der Waals surface area contributed by atoms with E-state index in [2.05, 4.69) is 27.0 Å². The van der Waals surface area contributed by atoms with Gasteiger partial charge in [0.05, 0.1) is 42.2 Å². The first-order chi connectivity index (χ1) is 19.9. The number of aromatic nitrogens is 2. The number of nitrogens with zero attached hydrogens (tertiary/aromatic N) is 6. The quantitative estimate of drug-likeness (QED) is 0.497.